The number of nitrogens with two attached hydrogens (primary N) is 1. The summed E-state index contributed by atoms with van der Waals surface area (Å²) in [4.78, 5) is 11.2. The SMILES string of the molecule is Nc1ccnc(-c2cnc(OC(F)(F)F)cn2)c1. The minimum absolute atomic E-state index is 0.303. The number of alkyl halides is 3. The number of aromatic nitrogens is 3. The second-order valence-corrected chi connectivity index (χ2v) is 3.26. The van der Waals surface area contributed by atoms with Gasteiger partial charge in [0, 0.05) is 11.9 Å². The molecule has 0 saturated carbocycles. The summed E-state index contributed by atoms with van der Waals surface area (Å²) in [5, 5.41) is 0. The molecule has 8 heteroatoms. The minimum atomic E-state index is -4.79. The van der Waals surface area contributed by atoms with Crippen molar-refractivity contribution in [1.29, 1.82) is 0 Å². The van der Waals surface area contributed by atoms with E-state index >= 15 is 0 Å². The highest BCUT2D eigenvalue weighted by Crippen LogP contribution is 2.21. The Balaban J connectivity index is 2.22. The van der Waals surface area contributed by atoms with Crippen molar-refractivity contribution in [3.8, 4) is 17.3 Å². The van der Waals surface area contributed by atoms with Gasteiger partial charge in [-0.05, 0) is 12.1 Å². The van der Waals surface area contributed by atoms with Crippen molar-refractivity contribution in [3.05, 3.63) is 30.7 Å². The quantitative estimate of drug-likeness (QED) is 0.889. The summed E-state index contributed by atoms with van der Waals surface area (Å²) in [5.74, 6) is -0.629. The van der Waals surface area contributed by atoms with E-state index in [1.807, 2.05) is 0 Å². The van der Waals surface area contributed by atoms with Gasteiger partial charge in [0.1, 0.15) is 5.69 Å². The maximum atomic E-state index is 11.9. The van der Waals surface area contributed by atoms with Gasteiger partial charge in [-0.15, -0.1) is 13.2 Å². The van der Waals surface area contributed by atoms with E-state index in [4.69, 9.17) is 5.73 Å². The van der Waals surface area contributed by atoms with Gasteiger partial charge in [-0.1, -0.05) is 0 Å². The van der Waals surface area contributed by atoms with E-state index in [-0.39, 0.29) is 0 Å². The zero-order valence-electron chi connectivity index (χ0n) is 8.85. The average molecular weight is 256 g/mol. The van der Waals surface area contributed by atoms with Gasteiger partial charge in [-0.3, -0.25) is 4.98 Å². The molecule has 2 aromatic rings. The Hall–Kier alpha value is -2.38. The Bertz CT molecular complexity index is 542. The van der Waals surface area contributed by atoms with Crippen LogP contribution < -0.4 is 10.5 Å². The Labute approximate surface area is 99.5 Å². The van der Waals surface area contributed by atoms with Crippen molar-refractivity contribution in [3.63, 3.8) is 0 Å². The summed E-state index contributed by atoms with van der Waals surface area (Å²) in [5.41, 5.74) is 6.74. The van der Waals surface area contributed by atoms with Crippen LogP contribution in [0.1, 0.15) is 0 Å². The molecule has 0 atom stereocenters. The molecule has 0 aliphatic rings. The van der Waals surface area contributed by atoms with E-state index in [2.05, 4.69) is 19.7 Å². The fraction of sp³-hybridized carbons (Fsp3) is 0.100. The number of ether oxygens (including phenoxy) is 1. The van der Waals surface area contributed by atoms with E-state index in [9.17, 15) is 13.2 Å². The number of rotatable bonds is 2. The fourth-order valence-electron chi connectivity index (χ4n) is 1.21. The molecular weight excluding hydrogens is 249 g/mol. The predicted molar refractivity (Wildman–Crippen MR) is 56.4 cm³/mol. The molecule has 0 unspecified atom stereocenters. The second-order valence-electron chi connectivity index (χ2n) is 3.26. The molecule has 2 rings (SSSR count). The Morgan fingerprint density at radius 2 is 1.83 bits per heavy atom. The van der Waals surface area contributed by atoms with Crippen molar-refractivity contribution in [1.82, 2.24) is 15.0 Å². The summed E-state index contributed by atoms with van der Waals surface area (Å²) in [6.07, 6.45) is -1.32. The molecule has 0 aromatic carbocycles. The van der Waals surface area contributed by atoms with Gasteiger partial charge < -0.3 is 10.5 Å². The third-order valence-corrected chi connectivity index (χ3v) is 1.89. The van der Waals surface area contributed by atoms with Gasteiger partial charge in [0.2, 0.25) is 5.88 Å². The lowest BCUT2D eigenvalue weighted by molar-refractivity contribution is -0.276. The smallest absolute Gasteiger partial charge is 0.399 e. The van der Waals surface area contributed by atoms with Crippen LogP contribution in [0, 0.1) is 0 Å². The molecule has 18 heavy (non-hydrogen) atoms. The first-order valence-corrected chi connectivity index (χ1v) is 4.74. The summed E-state index contributed by atoms with van der Waals surface area (Å²) >= 11 is 0. The van der Waals surface area contributed by atoms with Crippen LogP contribution in [0.15, 0.2) is 30.7 Å². The fourth-order valence-corrected chi connectivity index (χ4v) is 1.21. The molecule has 0 aliphatic heterocycles. The summed E-state index contributed by atoms with van der Waals surface area (Å²) < 4.78 is 39.3. The van der Waals surface area contributed by atoms with Crippen LogP contribution in [-0.4, -0.2) is 21.3 Å². The van der Waals surface area contributed by atoms with Gasteiger partial charge >= 0.3 is 6.36 Å². The molecule has 0 aliphatic carbocycles. The zero-order chi connectivity index (χ0) is 13.2. The number of halogens is 3. The summed E-state index contributed by atoms with van der Waals surface area (Å²) in [6.45, 7) is 0. The molecule has 0 fully saturated rings. The molecule has 2 N–H and O–H groups in total. The van der Waals surface area contributed by atoms with Crippen LogP contribution in [-0.2, 0) is 0 Å². The van der Waals surface area contributed by atoms with E-state index in [0.717, 1.165) is 12.4 Å². The number of hydrogen-bond donors (Lipinski definition) is 1. The molecular formula is C10H7F3N4O. The first kappa shape index (κ1) is 12.1. The summed E-state index contributed by atoms with van der Waals surface area (Å²) in [7, 11) is 0. The lowest BCUT2D eigenvalue weighted by Crippen LogP contribution is -2.18. The Morgan fingerprint density at radius 1 is 1.06 bits per heavy atom. The van der Waals surface area contributed by atoms with Crippen LogP contribution in [0.4, 0.5) is 18.9 Å². The van der Waals surface area contributed by atoms with E-state index in [0.29, 0.717) is 17.1 Å². The zero-order valence-corrected chi connectivity index (χ0v) is 8.85. The first-order valence-electron chi connectivity index (χ1n) is 4.74. The Morgan fingerprint density at radius 3 is 2.39 bits per heavy atom. The molecule has 0 radical (unpaired) electrons. The molecule has 5 nitrogen and oxygen atoms in total. The molecule has 0 bridgehead atoms. The molecule has 2 heterocycles. The number of hydrogen-bond acceptors (Lipinski definition) is 5. The monoisotopic (exact) mass is 256 g/mol. The molecule has 0 saturated heterocycles. The van der Waals surface area contributed by atoms with Crippen LogP contribution in [0.5, 0.6) is 5.88 Å². The van der Waals surface area contributed by atoms with Gasteiger partial charge in [0.15, 0.2) is 0 Å². The topological polar surface area (TPSA) is 73.9 Å². The third kappa shape index (κ3) is 3.06. The van der Waals surface area contributed by atoms with Crippen molar-refractivity contribution >= 4 is 5.69 Å². The van der Waals surface area contributed by atoms with Crippen LogP contribution in [0.3, 0.4) is 0 Å². The summed E-state index contributed by atoms with van der Waals surface area (Å²) in [6, 6.07) is 3.12. The minimum Gasteiger partial charge on any atom is -0.399 e. The largest absolute Gasteiger partial charge is 0.574 e. The van der Waals surface area contributed by atoms with E-state index in [1.54, 1.807) is 6.07 Å². The number of nitrogens with zero attached hydrogens (tertiary/aromatic N) is 3. The molecule has 0 spiro atoms. The number of nitrogen functional groups attached to an aromatic ring is 1. The van der Waals surface area contributed by atoms with Gasteiger partial charge in [-0.2, -0.15) is 0 Å². The van der Waals surface area contributed by atoms with Crippen LogP contribution in [0.25, 0.3) is 11.4 Å². The van der Waals surface area contributed by atoms with E-state index < -0.39 is 12.2 Å². The maximum absolute atomic E-state index is 11.9. The predicted octanol–water partition coefficient (Wildman–Crippen LogP) is 2.02. The molecule has 2 aromatic heterocycles. The Kier molecular flexibility index (Phi) is 3.00. The lowest BCUT2D eigenvalue weighted by Gasteiger charge is -2.07. The van der Waals surface area contributed by atoms with Gasteiger partial charge in [0.25, 0.3) is 0 Å². The van der Waals surface area contributed by atoms with Crippen molar-refractivity contribution in [2.45, 2.75) is 6.36 Å². The van der Waals surface area contributed by atoms with Crippen molar-refractivity contribution in [2.24, 2.45) is 0 Å². The van der Waals surface area contributed by atoms with Crippen molar-refractivity contribution in [2.75, 3.05) is 5.73 Å². The molecule has 0 amide bonds. The number of pyridine rings is 1. The van der Waals surface area contributed by atoms with Gasteiger partial charge in [0.05, 0.1) is 18.1 Å². The van der Waals surface area contributed by atoms with Crippen molar-refractivity contribution < 1.29 is 17.9 Å². The van der Waals surface area contributed by atoms with Gasteiger partial charge in [-0.25, -0.2) is 9.97 Å². The maximum Gasteiger partial charge on any atom is 0.574 e. The normalized spacial score (nSPS) is 11.3. The number of anilines is 1. The second kappa shape index (κ2) is 4.47. The highest BCUT2D eigenvalue weighted by Gasteiger charge is 2.31. The third-order valence-electron chi connectivity index (χ3n) is 1.89. The highest BCUT2D eigenvalue weighted by atomic mass is 19.4. The molecule has 94 valence electrons. The first-order chi connectivity index (χ1) is 8.44. The van der Waals surface area contributed by atoms with Crippen LogP contribution in [0.2, 0.25) is 0 Å². The highest BCUT2D eigenvalue weighted by molar-refractivity contribution is 5.58. The lowest BCUT2D eigenvalue weighted by atomic mass is 10.2. The van der Waals surface area contributed by atoms with Crippen LogP contribution >= 0.6 is 0 Å². The van der Waals surface area contributed by atoms with E-state index in [1.165, 1.54) is 12.3 Å². The average Bonchev–Trinajstić information content (AvgIpc) is 2.28. The standard InChI is InChI=1S/C10H7F3N4O/c11-10(12,13)18-9-5-16-8(4-17-9)7-3-6(14)1-2-15-7/h1-5H,(H2,14,15).